The lowest BCUT2D eigenvalue weighted by Gasteiger charge is -2.38. The van der Waals surface area contributed by atoms with Gasteiger partial charge in [0.05, 0.1) is 30.6 Å². The molecule has 0 saturated carbocycles. The number of anilines is 2. The molecule has 0 bridgehead atoms. The highest BCUT2D eigenvalue weighted by atomic mass is 16.5. The molecule has 238 valence electrons. The van der Waals surface area contributed by atoms with Gasteiger partial charge in [0.25, 0.3) is 5.91 Å². The van der Waals surface area contributed by atoms with Gasteiger partial charge in [-0.1, -0.05) is 61.6 Å². The number of carbonyl (C=O) groups is 3. The molecule has 1 unspecified atom stereocenters. The third-order valence-corrected chi connectivity index (χ3v) is 9.88. The number of aliphatic hydroxyl groups is 1. The van der Waals surface area contributed by atoms with Gasteiger partial charge in [-0.25, -0.2) is 0 Å². The van der Waals surface area contributed by atoms with E-state index in [1.54, 1.807) is 14.7 Å². The molecular weight excluding hydrogens is 568 g/mol. The van der Waals surface area contributed by atoms with Gasteiger partial charge in [-0.3, -0.25) is 14.4 Å². The summed E-state index contributed by atoms with van der Waals surface area (Å²) in [7, 11) is 0. The minimum absolute atomic E-state index is 0.125. The second-order valence-electron chi connectivity index (χ2n) is 12.4. The number of fused-ring (bicyclic) bond motifs is 2. The van der Waals surface area contributed by atoms with Crippen LogP contribution in [-0.2, 0) is 25.5 Å². The molecule has 2 saturated heterocycles. The Bertz CT molecular complexity index is 1460. The van der Waals surface area contributed by atoms with Crippen molar-refractivity contribution < 1.29 is 24.2 Å². The zero-order valence-electron chi connectivity index (χ0n) is 26.4. The molecule has 2 aromatic rings. The number of benzene rings is 2. The summed E-state index contributed by atoms with van der Waals surface area (Å²) < 4.78 is 6.80. The summed E-state index contributed by atoms with van der Waals surface area (Å²) in [5, 5.41) is 10.8. The normalized spacial score (nSPS) is 28.1. The van der Waals surface area contributed by atoms with E-state index in [2.05, 4.69) is 18.7 Å². The van der Waals surface area contributed by atoms with Crippen molar-refractivity contribution in [2.75, 3.05) is 49.1 Å². The van der Waals surface area contributed by atoms with Gasteiger partial charge < -0.3 is 29.4 Å². The third kappa shape index (κ3) is 5.25. The predicted octanol–water partition coefficient (Wildman–Crippen LogP) is 3.43. The van der Waals surface area contributed by atoms with Gasteiger partial charge in [-0.05, 0) is 56.5 Å². The van der Waals surface area contributed by atoms with E-state index in [4.69, 9.17) is 4.74 Å². The van der Waals surface area contributed by atoms with Crippen molar-refractivity contribution in [1.82, 2.24) is 9.80 Å². The standard InChI is InChI=1S/C36H44N4O5/c1-4-20-38-21-10-14-29-30(33(38)42)31-34(43)40(28(24-41)23-25-12-8-7-9-13-25)32-35(44)39(22-11-19-36(31,32)45-29)27-17-15-26(16-18-27)37(5-2)6-3/h7-19,28-32,41H,4-6,20-24H2,1-3H3/t28-,29-,30+,31+,32?,36+/m1/s1. The maximum Gasteiger partial charge on any atom is 0.253 e. The van der Waals surface area contributed by atoms with E-state index in [9.17, 15) is 19.5 Å². The lowest BCUT2D eigenvalue weighted by molar-refractivity contribution is -0.146. The molecule has 1 N–H and O–H groups in total. The van der Waals surface area contributed by atoms with Crippen LogP contribution in [0.1, 0.15) is 32.8 Å². The zero-order chi connectivity index (χ0) is 31.7. The monoisotopic (exact) mass is 612 g/mol. The molecule has 0 aliphatic carbocycles. The van der Waals surface area contributed by atoms with Crippen LogP contribution in [0.25, 0.3) is 0 Å². The van der Waals surface area contributed by atoms with Crippen LogP contribution < -0.4 is 9.80 Å². The fourth-order valence-electron chi connectivity index (χ4n) is 7.79. The molecule has 0 radical (unpaired) electrons. The first-order chi connectivity index (χ1) is 21.9. The number of hydrogen-bond donors (Lipinski definition) is 1. The van der Waals surface area contributed by atoms with Crippen LogP contribution in [0, 0.1) is 11.8 Å². The van der Waals surface area contributed by atoms with Gasteiger partial charge in [0.15, 0.2) is 0 Å². The molecule has 45 heavy (non-hydrogen) atoms. The van der Waals surface area contributed by atoms with Crippen LogP contribution in [-0.4, -0.2) is 95.7 Å². The second kappa shape index (κ2) is 12.8. The summed E-state index contributed by atoms with van der Waals surface area (Å²) in [6, 6.07) is 15.8. The zero-order valence-corrected chi connectivity index (χ0v) is 26.4. The lowest BCUT2D eigenvalue weighted by atomic mass is 9.77. The number of hydrogen-bond acceptors (Lipinski definition) is 6. The topological polar surface area (TPSA) is 93.6 Å². The van der Waals surface area contributed by atoms with Crippen LogP contribution in [0.5, 0.6) is 0 Å². The molecule has 0 aromatic heterocycles. The Morgan fingerprint density at radius 2 is 1.67 bits per heavy atom. The second-order valence-corrected chi connectivity index (χ2v) is 12.4. The van der Waals surface area contributed by atoms with Crippen molar-refractivity contribution >= 4 is 29.1 Å². The fourth-order valence-corrected chi connectivity index (χ4v) is 7.79. The minimum atomic E-state index is -1.35. The molecule has 6 atom stereocenters. The Balaban J connectivity index is 1.43. The maximum atomic E-state index is 14.9. The highest BCUT2D eigenvalue weighted by Gasteiger charge is 2.72. The van der Waals surface area contributed by atoms with Crippen molar-refractivity contribution in [3.63, 3.8) is 0 Å². The largest absolute Gasteiger partial charge is 0.394 e. The van der Waals surface area contributed by atoms with Gasteiger partial charge in [0, 0.05) is 44.1 Å². The SMILES string of the molecule is CCCN1CC=C[C@H]2O[C@]34C=CCN(c5ccc(N(CC)CC)cc5)C(=O)C3N([C@@H](CO)Cc3ccccc3)C(=O)[C@@H]4[C@H]2C1=O. The number of rotatable bonds is 10. The van der Waals surface area contributed by atoms with Crippen LogP contribution in [0.3, 0.4) is 0 Å². The van der Waals surface area contributed by atoms with Gasteiger partial charge >= 0.3 is 0 Å². The number of ether oxygens (including phenoxy) is 1. The molecule has 9 heteroatoms. The Morgan fingerprint density at radius 3 is 2.33 bits per heavy atom. The lowest BCUT2D eigenvalue weighted by Crippen LogP contribution is -2.58. The Hall–Kier alpha value is -3.95. The molecule has 4 aliphatic heterocycles. The number of likely N-dealkylation sites (tertiary alicyclic amines) is 1. The molecule has 6 rings (SSSR count). The number of amides is 3. The predicted molar refractivity (Wildman–Crippen MR) is 174 cm³/mol. The van der Waals surface area contributed by atoms with Crippen molar-refractivity contribution in [2.45, 2.75) is 57.4 Å². The summed E-state index contributed by atoms with van der Waals surface area (Å²) in [5.74, 6) is -2.38. The number of carbonyl (C=O) groups excluding carboxylic acids is 3. The highest BCUT2D eigenvalue weighted by molar-refractivity contribution is 6.06. The van der Waals surface area contributed by atoms with E-state index in [1.807, 2.05) is 85.8 Å². The van der Waals surface area contributed by atoms with Gasteiger partial charge in [-0.2, -0.15) is 0 Å². The number of aliphatic hydroxyl groups excluding tert-OH is 1. The maximum absolute atomic E-state index is 14.9. The Labute approximate surface area is 265 Å². The molecule has 2 fully saturated rings. The van der Waals surface area contributed by atoms with E-state index in [0.717, 1.165) is 36.4 Å². The summed E-state index contributed by atoms with van der Waals surface area (Å²) >= 11 is 0. The molecule has 2 aromatic carbocycles. The minimum Gasteiger partial charge on any atom is -0.394 e. The van der Waals surface area contributed by atoms with Crippen molar-refractivity contribution in [3.8, 4) is 0 Å². The first-order valence-electron chi connectivity index (χ1n) is 16.3. The Morgan fingerprint density at radius 1 is 0.933 bits per heavy atom. The van der Waals surface area contributed by atoms with Crippen molar-refractivity contribution in [2.24, 2.45) is 11.8 Å². The van der Waals surface area contributed by atoms with Crippen molar-refractivity contribution in [3.05, 3.63) is 84.5 Å². The van der Waals surface area contributed by atoms with E-state index in [1.165, 1.54) is 0 Å². The summed E-state index contributed by atoms with van der Waals surface area (Å²) in [4.78, 5) is 50.9. The molecule has 4 aliphatic rings. The van der Waals surface area contributed by atoms with Gasteiger partial charge in [0.1, 0.15) is 11.6 Å². The van der Waals surface area contributed by atoms with Gasteiger partial charge in [-0.15, -0.1) is 0 Å². The molecular formula is C36H44N4O5. The molecule has 9 nitrogen and oxygen atoms in total. The van der Waals surface area contributed by atoms with Gasteiger partial charge in [0.2, 0.25) is 11.8 Å². The molecule has 3 amide bonds. The average Bonchev–Trinajstić information content (AvgIpc) is 3.38. The van der Waals surface area contributed by atoms with E-state index < -0.39 is 35.6 Å². The van der Waals surface area contributed by atoms with Crippen LogP contribution in [0.15, 0.2) is 78.9 Å². The summed E-state index contributed by atoms with van der Waals surface area (Å²) in [6.45, 7) is 8.98. The van der Waals surface area contributed by atoms with Crippen molar-refractivity contribution in [1.29, 1.82) is 0 Å². The smallest absolute Gasteiger partial charge is 0.253 e. The van der Waals surface area contributed by atoms with E-state index in [-0.39, 0.29) is 24.3 Å². The summed E-state index contributed by atoms with van der Waals surface area (Å²) in [6.07, 6.45) is 8.11. The fraction of sp³-hybridized carbons (Fsp3) is 0.472. The first-order valence-corrected chi connectivity index (χ1v) is 16.3. The third-order valence-electron chi connectivity index (χ3n) is 9.88. The average molecular weight is 613 g/mol. The first kappa shape index (κ1) is 31.0. The molecule has 1 spiro atoms. The summed E-state index contributed by atoms with van der Waals surface area (Å²) in [5.41, 5.74) is 1.38. The van der Waals surface area contributed by atoms with Crippen LogP contribution in [0.4, 0.5) is 11.4 Å². The highest BCUT2D eigenvalue weighted by Crippen LogP contribution is 2.54. The quantitative estimate of drug-likeness (QED) is 0.414. The Kier molecular flexibility index (Phi) is 8.84. The van der Waals surface area contributed by atoms with E-state index in [0.29, 0.717) is 26.1 Å². The molecule has 4 heterocycles. The van der Waals surface area contributed by atoms with Crippen LogP contribution >= 0.6 is 0 Å². The van der Waals surface area contributed by atoms with Crippen LogP contribution in [0.2, 0.25) is 0 Å². The number of nitrogens with zero attached hydrogens (tertiary/aromatic N) is 4. The van der Waals surface area contributed by atoms with E-state index >= 15 is 0 Å².